The molecule has 1 heterocycles. The van der Waals surface area contributed by atoms with Crippen LogP contribution in [0, 0.1) is 0 Å². The predicted octanol–water partition coefficient (Wildman–Crippen LogP) is 3.27. The van der Waals surface area contributed by atoms with Gasteiger partial charge in [-0.3, -0.25) is 9.52 Å². The summed E-state index contributed by atoms with van der Waals surface area (Å²) >= 11 is 5.89. The molecule has 0 saturated heterocycles. The van der Waals surface area contributed by atoms with Crippen LogP contribution in [0.25, 0.3) is 0 Å². The Bertz CT molecular complexity index is 930. The van der Waals surface area contributed by atoms with E-state index < -0.39 is 10.0 Å². The Morgan fingerprint density at radius 1 is 1.28 bits per heavy atom. The van der Waals surface area contributed by atoms with Crippen molar-refractivity contribution in [3.05, 3.63) is 47.5 Å². The summed E-state index contributed by atoms with van der Waals surface area (Å²) in [6.45, 7) is 3.66. The lowest BCUT2D eigenvalue weighted by molar-refractivity contribution is -0.117. The van der Waals surface area contributed by atoms with Crippen molar-refractivity contribution in [3.63, 3.8) is 0 Å². The predicted molar refractivity (Wildman–Crippen MR) is 96.8 cm³/mol. The number of nitrogens with zero attached hydrogens (tertiary/aromatic N) is 1. The summed E-state index contributed by atoms with van der Waals surface area (Å²) in [4.78, 5) is 13.4. The quantitative estimate of drug-likeness (QED) is 0.886. The second-order valence-electron chi connectivity index (χ2n) is 5.80. The van der Waals surface area contributed by atoms with Crippen molar-refractivity contribution < 1.29 is 17.9 Å². The summed E-state index contributed by atoms with van der Waals surface area (Å²) in [5, 5.41) is 0.427. The van der Waals surface area contributed by atoms with E-state index in [1.807, 2.05) is 6.92 Å². The smallest absolute Gasteiger partial charge is 0.261 e. The Kier molecular flexibility index (Phi) is 4.62. The summed E-state index contributed by atoms with van der Waals surface area (Å²) in [7, 11) is -3.83. The van der Waals surface area contributed by atoms with E-state index in [1.54, 1.807) is 24.3 Å². The molecule has 0 saturated carbocycles. The van der Waals surface area contributed by atoms with Crippen LogP contribution in [-0.4, -0.2) is 27.0 Å². The number of hydrogen-bond acceptors (Lipinski definition) is 4. The lowest BCUT2D eigenvalue weighted by atomic mass is 10.2. The topological polar surface area (TPSA) is 75.7 Å². The fraction of sp³-hybridized carbons (Fsp3) is 0.235. The average Bonchev–Trinajstić information content (AvgIpc) is 2.53. The van der Waals surface area contributed by atoms with Crippen molar-refractivity contribution in [2.45, 2.75) is 24.8 Å². The van der Waals surface area contributed by atoms with Crippen LogP contribution in [0.3, 0.4) is 0 Å². The van der Waals surface area contributed by atoms with Gasteiger partial charge in [-0.25, -0.2) is 8.42 Å². The maximum Gasteiger partial charge on any atom is 0.261 e. The molecule has 8 heteroatoms. The number of anilines is 2. The van der Waals surface area contributed by atoms with E-state index in [4.69, 9.17) is 16.3 Å². The first-order valence-corrected chi connectivity index (χ1v) is 9.49. The number of rotatable bonds is 3. The molecule has 1 unspecified atom stereocenters. The first kappa shape index (κ1) is 17.6. The summed E-state index contributed by atoms with van der Waals surface area (Å²) in [6.07, 6.45) is -0.163. The number of sulfonamides is 1. The highest BCUT2D eigenvalue weighted by Gasteiger charge is 2.27. The second-order valence-corrected chi connectivity index (χ2v) is 7.92. The molecule has 1 aliphatic heterocycles. The molecule has 0 radical (unpaired) electrons. The van der Waals surface area contributed by atoms with E-state index in [2.05, 4.69) is 4.72 Å². The normalized spacial score (nSPS) is 16.8. The van der Waals surface area contributed by atoms with Gasteiger partial charge in [0.25, 0.3) is 10.0 Å². The maximum absolute atomic E-state index is 12.6. The van der Waals surface area contributed by atoms with E-state index in [1.165, 1.54) is 30.0 Å². The summed E-state index contributed by atoms with van der Waals surface area (Å²) in [5.74, 6) is 0.310. The summed E-state index contributed by atoms with van der Waals surface area (Å²) in [6, 6.07) is 10.9. The highest BCUT2D eigenvalue weighted by atomic mass is 35.5. The van der Waals surface area contributed by atoms with Gasteiger partial charge in [-0.15, -0.1) is 0 Å². The number of hydrogen-bond donors (Lipinski definition) is 1. The van der Waals surface area contributed by atoms with E-state index >= 15 is 0 Å². The molecule has 2 aromatic carbocycles. The molecule has 1 N–H and O–H groups in total. The zero-order valence-electron chi connectivity index (χ0n) is 13.7. The lowest BCUT2D eigenvalue weighted by Gasteiger charge is -2.33. The van der Waals surface area contributed by atoms with Crippen LogP contribution in [0.2, 0.25) is 5.02 Å². The monoisotopic (exact) mass is 380 g/mol. The van der Waals surface area contributed by atoms with Crippen molar-refractivity contribution in [1.29, 1.82) is 0 Å². The molecular formula is C17H17ClN2O4S. The second kappa shape index (κ2) is 6.57. The molecule has 1 aliphatic rings. The first-order chi connectivity index (χ1) is 11.8. The molecule has 0 aromatic heterocycles. The van der Waals surface area contributed by atoms with Gasteiger partial charge in [0.1, 0.15) is 11.9 Å². The zero-order valence-corrected chi connectivity index (χ0v) is 15.3. The van der Waals surface area contributed by atoms with Gasteiger partial charge < -0.3 is 9.64 Å². The molecular weight excluding hydrogens is 364 g/mol. The number of benzene rings is 2. The van der Waals surface area contributed by atoms with Gasteiger partial charge in [0.05, 0.1) is 22.8 Å². The molecule has 0 fully saturated rings. The third-order valence-corrected chi connectivity index (χ3v) is 5.37. The van der Waals surface area contributed by atoms with Crippen molar-refractivity contribution in [1.82, 2.24) is 0 Å². The third kappa shape index (κ3) is 3.72. The summed E-state index contributed by atoms with van der Waals surface area (Å²) < 4.78 is 33.4. The van der Waals surface area contributed by atoms with Crippen molar-refractivity contribution in [2.75, 3.05) is 16.2 Å². The molecule has 25 heavy (non-hydrogen) atoms. The number of ether oxygens (including phenoxy) is 1. The third-order valence-electron chi connectivity index (χ3n) is 3.76. The SMILES string of the molecule is CC(=O)N1CC(C)Oc2ccc(S(=O)(=O)Nc3cccc(Cl)c3)cc21. The van der Waals surface area contributed by atoms with Crippen LogP contribution in [-0.2, 0) is 14.8 Å². The van der Waals surface area contributed by atoms with Gasteiger partial charge >= 0.3 is 0 Å². The largest absolute Gasteiger partial charge is 0.487 e. The van der Waals surface area contributed by atoms with E-state index in [0.29, 0.717) is 28.7 Å². The minimum Gasteiger partial charge on any atom is -0.487 e. The standard InChI is InChI=1S/C17H17ClN2O4S/c1-11-10-20(12(2)21)16-9-15(6-7-17(16)24-11)25(22,23)19-14-5-3-4-13(18)8-14/h3-9,11,19H,10H2,1-2H3. The zero-order chi connectivity index (χ0) is 18.2. The van der Waals surface area contributed by atoms with E-state index in [0.717, 1.165) is 0 Å². The van der Waals surface area contributed by atoms with Crippen LogP contribution < -0.4 is 14.4 Å². The first-order valence-electron chi connectivity index (χ1n) is 7.63. The lowest BCUT2D eigenvalue weighted by Crippen LogP contribution is -2.41. The van der Waals surface area contributed by atoms with Gasteiger partial charge in [0.15, 0.2) is 0 Å². The highest BCUT2D eigenvalue weighted by molar-refractivity contribution is 7.92. The van der Waals surface area contributed by atoms with Crippen LogP contribution in [0.1, 0.15) is 13.8 Å². The fourth-order valence-electron chi connectivity index (χ4n) is 2.65. The number of carbonyl (C=O) groups excluding carboxylic acids is 1. The Hall–Kier alpha value is -2.25. The van der Waals surface area contributed by atoms with Crippen LogP contribution in [0.5, 0.6) is 5.75 Å². The molecule has 2 aromatic rings. The van der Waals surface area contributed by atoms with Gasteiger partial charge in [-0.05, 0) is 43.3 Å². The van der Waals surface area contributed by atoms with Crippen molar-refractivity contribution in [3.8, 4) is 5.75 Å². The minimum atomic E-state index is -3.83. The van der Waals surface area contributed by atoms with Crippen molar-refractivity contribution >= 4 is 38.9 Å². The van der Waals surface area contributed by atoms with Crippen LogP contribution in [0.15, 0.2) is 47.4 Å². The molecule has 1 atom stereocenters. The van der Waals surface area contributed by atoms with Gasteiger partial charge in [-0.1, -0.05) is 17.7 Å². The van der Waals surface area contributed by atoms with Crippen LogP contribution >= 0.6 is 11.6 Å². The Balaban J connectivity index is 1.98. The van der Waals surface area contributed by atoms with Crippen molar-refractivity contribution in [2.24, 2.45) is 0 Å². The minimum absolute atomic E-state index is 0.0376. The van der Waals surface area contributed by atoms with Crippen LogP contribution in [0.4, 0.5) is 11.4 Å². The number of nitrogens with one attached hydrogen (secondary N) is 1. The molecule has 3 rings (SSSR count). The Morgan fingerprint density at radius 3 is 2.72 bits per heavy atom. The number of carbonyl (C=O) groups is 1. The van der Waals surface area contributed by atoms with E-state index in [-0.39, 0.29) is 16.9 Å². The number of fused-ring (bicyclic) bond motifs is 1. The van der Waals surface area contributed by atoms with Gasteiger partial charge in [0.2, 0.25) is 5.91 Å². The maximum atomic E-state index is 12.6. The highest BCUT2D eigenvalue weighted by Crippen LogP contribution is 2.36. The van der Waals surface area contributed by atoms with Gasteiger partial charge in [0, 0.05) is 11.9 Å². The molecule has 1 amide bonds. The molecule has 6 nitrogen and oxygen atoms in total. The molecule has 0 aliphatic carbocycles. The van der Waals surface area contributed by atoms with Gasteiger partial charge in [-0.2, -0.15) is 0 Å². The molecule has 0 spiro atoms. The fourth-order valence-corrected chi connectivity index (χ4v) is 3.91. The molecule has 132 valence electrons. The summed E-state index contributed by atoms with van der Waals surface area (Å²) in [5.41, 5.74) is 0.804. The Morgan fingerprint density at radius 2 is 2.04 bits per heavy atom. The molecule has 0 bridgehead atoms. The van der Waals surface area contributed by atoms with E-state index in [9.17, 15) is 13.2 Å². The Labute approximate surface area is 151 Å². The number of halogens is 1. The number of amides is 1. The average molecular weight is 381 g/mol.